The molecule has 2 atom stereocenters. The maximum absolute atomic E-state index is 12.2. The summed E-state index contributed by atoms with van der Waals surface area (Å²) in [5, 5.41) is 3.19. The molecule has 1 aromatic rings. The van der Waals surface area contributed by atoms with Gasteiger partial charge < -0.3 is 5.32 Å². The van der Waals surface area contributed by atoms with Crippen LogP contribution in [0.1, 0.15) is 36.4 Å². The fourth-order valence-corrected chi connectivity index (χ4v) is 6.68. The molecule has 1 heterocycles. The van der Waals surface area contributed by atoms with Crippen LogP contribution in [0.4, 0.5) is 0 Å². The number of hydrogen-bond acceptors (Lipinski definition) is 4. The molecule has 1 saturated heterocycles. The zero-order chi connectivity index (χ0) is 15.6. The van der Waals surface area contributed by atoms with Crippen molar-refractivity contribution in [3.05, 3.63) is 35.4 Å². The third kappa shape index (κ3) is 3.84. The van der Waals surface area contributed by atoms with E-state index in [1.165, 1.54) is 22.9 Å². The number of hydrogen-bond donors (Lipinski definition) is 1. The van der Waals surface area contributed by atoms with Gasteiger partial charge in [-0.25, -0.2) is 8.42 Å². The quantitative estimate of drug-likeness (QED) is 0.912. The van der Waals surface area contributed by atoms with Crippen molar-refractivity contribution in [3.8, 4) is 0 Å². The van der Waals surface area contributed by atoms with Gasteiger partial charge in [0.05, 0.1) is 23.3 Å². The molecule has 1 aromatic carbocycles. The minimum atomic E-state index is -2.86. The van der Waals surface area contributed by atoms with Crippen LogP contribution in [0, 0.1) is 0 Å². The Hall–Kier alpha value is -1.01. The third-order valence-electron chi connectivity index (χ3n) is 4.35. The minimum Gasteiger partial charge on any atom is -0.349 e. The van der Waals surface area contributed by atoms with E-state index in [9.17, 15) is 13.2 Å². The van der Waals surface area contributed by atoms with Gasteiger partial charge in [0.25, 0.3) is 0 Å². The van der Waals surface area contributed by atoms with Gasteiger partial charge in [0.2, 0.25) is 5.91 Å². The van der Waals surface area contributed by atoms with Crippen molar-refractivity contribution in [2.75, 3.05) is 17.3 Å². The number of benzene rings is 1. The number of nitrogens with one attached hydrogen (secondary N) is 1. The van der Waals surface area contributed by atoms with E-state index >= 15 is 0 Å². The molecule has 0 unspecified atom stereocenters. The van der Waals surface area contributed by atoms with Crippen LogP contribution in [0.15, 0.2) is 24.3 Å². The summed E-state index contributed by atoms with van der Waals surface area (Å²) in [5.74, 6) is 0.842. The molecule has 3 rings (SSSR count). The van der Waals surface area contributed by atoms with Crippen LogP contribution in [0.2, 0.25) is 0 Å². The van der Waals surface area contributed by atoms with Crippen LogP contribution in [-0.4, -0.2) is 36.8 Å². The van der Waals surface area contributed by atoms with Gasteiger partial charge in [0, 0.05) is 5.25 Å². The van der Waals surface area contributed by atoms with Crippen LogP contribution in [-0.2, 0) is 21.1 Å². The number of rotatable bonds is 4. The molecule has 1 amide bonds. The molecule has 0 saturated carbocycles. The molecule has 1 aliphatic carbocycles. The lowest BCUT2D eigenvalue weighted by Crippen LogP contribution is -2.32. The topological polar surface area (TPSA) is 63.2 Å². The highest BCUT2D eigenvalue weighted by Crippen LogP contribution is 2.30. The van der Waals surface area contributed by atoms with E-state index in [1.54, 1.807) is 0 Å². The average molecular weight is 339 g/mol. The zero-order valence-electron chi connectivity index (χ0n) is 12.5. The fourth-order valence-electron chi connectivity index (χ4n) is 3.23. The first kappa shape index (κ1) is 15.9. The van der Waals surface area contributed by atoms with Crippen molar-refractivity contribution < 1.29 is 13.2 Å². The molecule has 6 heteroatoms. The molecule has 2 aliphatic rings. The van der Waals surface area contributed by atoms with Gasteiger partial charge in [-0.15, -0.1) is 11.8 Å². The standard InChI is InChI=1S/C16H21NO3S2/c18-16(10-21-13-8-9-22(19,20)11-13)17-15-7-3-5-12-4-1-2-6-14(12)15/h1-2,4,6,13,15H,3,5,7-11H2,(H,17,18)/t13-,15+/m1/s1. The Morgan fingerprint density at radius 2 is 2.09 bits per heavy atom. The van der Waals surface area contributed by atoms with Gasteiger partial charge in [0.15, 0.2) is 9.84 Å². The lowest BCUT2D eigenvalue weighted by Gasteiger charge is -2.26. The smallest absolute Gasteiger partial charge is 0.230 e. The fraction of sp³-hybridized carbons (Fsp3) is 0.562. The number of amides is 1. The van der Waals surface area contributed by atoms with Crippen molar-refractivity contribution in [2.45, 2.75) is 37.0 Å². The normalized spacial score (nSPS) is 26.4. The maximum atomic E-state index is 12.2. The summed E-state index contributed by atoms with van der Waals surface area (Å²) in [4.78, 5) is 12.2. The SMILES string of the molecule is O=C(CS[C@@H]1CCS(=O)(=O)C1)N[C@H]1CCCc2ccccc21. The van der Waals surface area contributed by atoms with E-state index in [2.05, 4.69) is 17.4 Å². The van der Waals surface area contributed by atoms with Crippen molar-refractivity contribution in [3.63, 3.8) is 0 Å². The summed E-state index contributed by atoms with van der Waals surface area (Å²) in [5.41, 5.74) is 2.56. The number of sulfone groups is 1. The van der Waals surface area contributed by atoms with Gasteiger partial charge in [-0.1, -0.05) is 24.3 Å². The molecular formula is C16H21NO3S2. The Morgan fingerprint density at radius 1 is 1.27 bits per heavy atom. The molecule has 1 fully saturated rings. The zero-order valence-corrected chi connectivity index (χ0v) is 14.1. The minimum absolute atomic E-state index is 0.0102. The second-order valence-corrected chi connectivity index (χ2v) is 9.56. The number of carbonyl (C=O) groups excluding carboxylic acids is 1. The third-order valence-corrected chi connectivity index (χ3v) is 7.63. The molecule has 0 spiro atoms. The largest absolute Gasteiger partial charge is 0.349 e. The van der Waals surface area contributed by atoms with Gasteiger partial charge in [-0.2, -0.15) is 0 Å². The summed E-state index contributed by atoms with van der Waals surface area (Å²) >= 11 is 1.47. The molecule has 0 aromatic heterocycles. The van der Waals surface area contributed by atoms with Crippen LogP contribution in [0.25, 0.3) is 0 Å². The predicted molar refractivity (Wildman–Crippen MR) is 89.8 cm³/mol. The molecule has 22 heavy (non-hydrogen) atoms. The highest BCUT2D eigenvalue weighted by Gasteiger charge is 2.29. The summed E-state index contributed by atoms with van der Waals surface area (Å²) in [7, 11) is -2.86. The molecule has 120 valence electrons. The van der Waals surface area contributed by atoms with E-state index in [1.807, 2.05) is 12.1 Å². The maximum Gasteiger partial charge on any atom is 0.230 e. The first-order valence-electron chi connectivity index (χ1n) is 7.73. The summed E-state index contributed by atoms with van der Waals surface area (Å²) in [6.07, 6.45) is 3.82. The first-order valence-corrected chi connectivity index (χ1v) is 10.6. The second kappa shape index (κ2) is 6.62. The van der Waals surface area contributed by atoms with E-state index in [0.29, 0.717) is 12.2 Å². The van der Waals surface area contributed by atoms with Gasteiger partial charge in [0.1, 0.15) is 0 Å². The Kier molecular flexibility index (Phi) is 4.78. The Labute approximate surface area is 136 Å². The summed E-state index contributed by atoms with van der Waals surface area (Å²) in [6.45, 7) is 0. The molecule has 4 nitrogen and oxygen atoms in total. The van der Waals surface area contributed by atoms with E-state index in [4.69, 9.17) is 0 Å². The van der Waals surface area contributed by atoms with Crippen molar-refractivity contribution >= 4 is 27.5 Å². The highest BCUT2D eigenvalue weighted by molar-refractivity contribution is 8.02. The molecule has 1 N–H and O–H groups in total. The first-order chi connectivity index (χ1) is 10.5. The lowest BCUT2D eigenvalue weighted by atomic mass is 9.88. The van der Waals surface area contributed by atoms with Crippen LogP contribution >= 0.6 is 11.8 Å². The molecule has 0 radical (unpaired) electrons. The number of thioether (sulfide) groups is 1. The van der Waals surface area contributed by atoms with Crippen LogP contribution < -0.4 is 5.32 Å². The number of fused-ring (bicyclic) bond motifs is 1. The predicted octanol–water partition coefficient (Wildman–Crippen LogP) is 2.10. The lowest BCUT2D eigenvalue weighted by molar-refractivity contribution is -0.119. The Bertz CT molecular complexity index is 657. The van der Waals surface area contributed by atoms with Gasteiger partial charge in [-0.05, 0) is 36.8 Å². The van der Waals surface area contributed by atoms with E-state index in [-0.39, 0.29) is 28.7 Å². The summed E-state index contributed by atoms with van der Waals surface area (Å²) < 4.78 is 22.9. The van der Waals surface area contributed by atoms with Gasteiger partial charge >= 0.3 is 0 Å². The second-order valence-electron chi connectivity index (χ2n) is 6.05. The Morgan fingerprint density at radius 3 is 2.86 bits per heavy atom. The molecule has 1 aliphatic heterocycles. The Balaban J connectivity index is 1.53. The van der Waals surface area contributed by atoms with E-state index in [0.717, 1.165) is 19.3 Å². The average Bonchev–Trinajstić information content (AvgIpc) is 2.85. The van der Waals surface area contributed by atoms with Crippen molar-refractivity contribution in [1.29, 1.82) is 0 Å². The number of aryl methyl sites for hydroxylation is 1. The summed E-state index contributed by atoms with van der Waals surface area (Å²) in [6, 6.07) is 8.38. The highest BCUT2D eigenvalue weighted by atomic mass is 32.2. The molecule has 0 bridgehead atoms. The number of carbonyl (C=O) groups is 1. The monoisotopic (exact) mass is 339 g/mol. The molecular weight excluding hydrogens is 318 g/mol. The van der Waals surface area contributed by atoms with E-state index < -0.39 is 9.84 Å². The van der Waals surface area contributed by atoms with Crippen molar-refractivity contribution in [1.82, 2.24) is 5.32 Å². The van der Waals surface area contributed by atoms with Crippen LogP contribution in [0.3, 0.4) is 0 Å². The van der Waals surface area contributed by atoms with Crippen LogP contribution in [0.5, 0.6) is 0 Å². The van der Waals surface area contributed by atoms with Gasteiger partial charge in [-0.3, -0.25) is 4.79 Å². The van der Waals surface area contributed by atoms with Crippen molar-refractivity contribution in [2.24, 2.45) is 0 Å².